The molecular formula is C13H20N4O2. The van der Waals surface area contributed by atoms with Crippen LogP contribution < -0.4 is 0 Å². The van der Waals surface area contributed by atoms with E-state index >= 15 is 0 Å². The molecular weight excluding hydrogens is 244 g/mol. The fraction of sp³-hybridized carbons (Fsp3) is 0.538. The van der Waals surface area contributed by atoms with Crippen LogP contribution in [0.25, 0.3) is 0 Å². The van der Waals surface area contributed by atoms with Gasteiger partial charge in [0.1, 0.15) is 17.8 Å². The third-order valence-electron chi connectivity index (χ3n) is 3.28. The van der Waals surface area contributed by atoms with Crippen molar-refractivity contribution in [1.82, 2.24) is 19.6 Å². The number of aromatic nitrogens is 3. The summed E-state index contributed by atoms with van der Waals surface area (Å²) >= 11 is 0. The van der Waals surface area contributed by atoms with Crippen molar-refractivity contribution in [2.45, 2.75) is 26.1 Å². The first-order valence-corrected chi connectivity index (χ1v) is 6.32. The molecule has 2 heterocycles. The van der Waals surface area contributed by atoms with E-state index < -0.39 is 0 Å². The average Bonchev–Trinajstić information content (AvgIpc) is 3.07. The van der Waals surface area contributed by atoms with Crippen molar-refractivity contribution >= 4 is 0 Å². The Kier molecular flexibility index (Phi) is 4.70. The van der Waals surface area contributed by atoms with Crippen LogP contribution in [0.1, 0.15) is 24.5 Å². The van der Waals surface area contributed by atoms with E-state index in [-0.39, 0.29) is 6.04 Å². The Morgan fingerprint density at radius 3 is 3.05 bits per heavy atom. The van der Waals surface area contributed by atoms with Gasteiger partial charge in [-0.3, -0.25) is 4.90 Å². The van der Waals surface area contributed by atoms with Crippen molar-refractivity contribution in [3.8, 4) is 0 Å². The highest BCUT2D eigenvalue weighted by Crippen LogP contribution is 2.18. The molecule has 0 aliphatic carbocycles. The van der Waals surface area contributed by atoms with E-state index in [1.165, 1.54) is 0 Å². The topological polar surface area (TPSA) is 56.3 Å². The number of imidazole rings is 1. The predicted octanol–water partition coefficient (Wildman–Crippen LogP) is 1.71. The summed E-state index contributed by atoms with van der Waals surface area (Å²) in [5.74, 6) is 1.02. The van der Waals surface area contributed by atoms with Gasteiger partial charge in [-0.25, -0.2) is 4.98 Å². The molecule has 0 unspecified atom stereocenters. The summed E-state index contributed by atoms with van der Waals surface area (Å²) in [4.78, 5) is 6.58. The lowest BCUT2D eigenvalue weighted by molar-refractivity contribution is 0.182. The van der Waals surface area contributed by atoms with Crippen LogP contribution in [0.15, 0.2) is 29.2 Å². The van der Waals surface area contributed by atoms with Crippen LogP contribution in [-0.4, -0.2) is 40.4 Å². The van der Waals surface area contributed by atoms with E-state index in [0.29, 0.717) is 6.61 Å². The number of hydrogen-bond acceptors (Lipinski definition) is 5. The summed E-state index contributed by atoms with van der Waals surface area (Å²) in [6, 6.07) is 2.07. The van der Waals surface area contributed by atoms with Crippen LogP contribution in [0.3, 0.4) is 0 Å². The first-order chi connectivity index (χ1) is 9.22. The molecule has 6 nitrogen and oxygen atoms in total. The number of ether oxygens (including phenoxy) is 1. The fourth-order valence-corrected chi connectivity index (χ4v) is 1.91. The third kappa shape index (κ3) is 3.42. The Labute approximate surface area is 113 Å². The van der Waals surface area contributed by atoms with Crippen molar-refractivity contribution in [3.63, 3.8) is 0 Å². The van der Waals surface area contributed by atoms with Crippen LogP contribution in [-0.2, 0) is 17.8 Å². The van der Waals surface area contributed by atoms with Crippen LogP contribution in [0.2, 0.25) is 0 Å². The Hall–Kier alpha value is -1.66. The highest BCUT2D eigenvalue weighted by atomic mass is 16.5. The molecule has 0 radical (unpaired) electrons. The molecule has 104 valence electrons. The zero-order valence-electron chi connectivity index (χ0n) is 11.6. The van der Waals surface area contributed by atoms with E-state index in [1.54, 1.807) is 13.4 Å². The summed E-state index contributed by atoms with van der Waals surface area (Å²) in [7, 11) is 3.75. The highest BCUT2D eigenvalue weighted by molar-refractivity contribution is 5.02. The molecule has 0 spiro atoms. The Morgan fingerprint density at radius 1 is 1.53 bits per heavy atom. The summed E-state index contributed by atoms with van der Waals surface area (Å²) in [6.45, 7) is 4.36. The Morgan fingerprint density at radius 2 is 2.37 bits per heavy atom. The molecule has 0 bridgehead atoms. The van der Waals surface area contributed by atoms with E-state index in [4.69, 9.17) is 9.26 Å². The minimum Gasteiger partial charge on any atom is -0.383 e. The van der Waals surface area contributed by atoms with E-state index in [2.05, 4.69) is 33.6 Å². The van der Waals surface area contributed by atoms with Gasteiger partial charge in [-0.15, -0.1) is 0 Å². The molecule has 1 atom stereocenters. The maximum absolute atomic E-state index is 5.10. The average molecular weight is 264 g/mol. The molecule has 0 N–H and O–H groups in total. The molecule has 6 heteroatoms. The van der Waals surface area contributed by atoms with Crippen molar-refractivity contribution < 1.29 is 9.26 Å². The molecule has 0 amide bonds. The predicted molar refractivity (Wildman–Crippen MR) is 70.5 cm³/mol. The van der Waals surface area contributed by atoms with Gasteiger partial charge < -0.3 is 13.8 Å². The zero-order chi connectivity index (χ0) is 13.7. The second-order valence-electron chi connectivity index (χ2n) is 4.55. The maximum Gasteiger partial charge on any atom is 0.124 e. The first-order valence-electron chi connectivity index (χ1n) is 6.32. The lowest BCUT2D eigenvalue weighted by Crippen LogP contribution is -2.24. The van der Waals surface area contributed by atoms with E-state index in [1.807, 2.05) is 18.5 Å². The SMILES string of the molecule is COCCn1ccnc1CN(C)[C@H](C)c1ccon1. The van der Waals surface area contributed by atoms with Crippen LogP contribution in [0.4, 0.5) is 0 Å². The molecule has 0 aliphatic heterocycles. The third-order valence-corrected chi connectivity index (χ3v) is 3.28. The maximum atomic E-state index is 5.10. The lowest BCUT2D eigenvalue weighted by Gasteiger charge is -2.22. The van der Waals surface area contributed by atoms with Gasteiger partial charge >= 0.3 is 0 Å². The summed E-state index contributed by atoms with van der Waals surface area (Å²) in [5.41, 5.74) is 0.928. The van der Waals surface area contributed by atoms with Crippen molar-refractivity contribution in [1.29, 1.82) is 0 Å². The van der Waals surface area contributed by atoms with Gasteiger partial charge in [0.05, 0.1) is 19.2 Å². The molecule has 0 saturated carbocycles. The van der Waals surface area contributed by atoms with Gasteiger partial charge in [0.15, 0.2) is 0 Å². The largest absolute Gasteiger partial charge is 0.383 e. The van der Waals surface area contributed by atoms with Crippen molar-refractivity contribution in [2.75, 3.05) is 20.8 Å². The number of rotatable bonds is 7. The zero-order valence-corrected chi connectivity index (χ0v) is 11.6. The molecule has 0 fully saturated rings. The van der Waals surface area contributed by atoms with Crippen molar-refractivity contribution in [3.05, 3.63) is 36.2 Å². The quantitative estimate of drug-likeness (QED) is 0.762. The van der Waals surface area contributed by atoms with Gasteiger partial charge in [0.25, 0.3) is 0 Å². The van der Waals surface area contributed by atoms with Crippen LogP contribution in [0.5, 0.6) is 0 Å². The Balaban J connectivity index is 1.98. The van der Waals surface area contributed by atoms with Crippen LogP contribution >= 0.6 is 0 Å². The van der Waals surface area contributed by atoms with E-state index in [9.17, 15) is 0 Å². The summed E-state index contributed by atoms with van der Waals surface area (Å²) in [6.07, 6.45) is 5.39. The van der Waals surface area contributed by atoms with Gasteiger partial charge in [-0.05, 0) is 14.0 Å². The minimum absolute atomic E-state index is 0.186. The first kappa shape index (κ1) is 13.8. The van der Waals surface area contributed by atoms with Gasteiger partial charge in [-0.2, -0.15) is 0 Å². The Bertz CT molecular complexity index is 481. The summed E-state index contributed by atoms with van der Waals surface area (Å²) in [5, 5.41) is 3.97. The van der Waals surface area contributed by atoms with Crippen LogP contribution in [0, 0.1) is 0 Å². The fourth-order valence-electron chi connectivity index (χ4n) is 1.91. The highest BCUT2D eigenvalue weighted by Gasteiger charge is 2.16. The summed E-state index contributed by atoms with van der Waals surface area (Å²) < 4.78 is 12.1. The van der Waals surface area contributed by atoms with Gasteiger partial charge in [-0.1, -0.05) is 5.16 Å². The number of nitrogens with zero attached hydrogens (tertiary/aromatic N) is 4. The number of methoxy groups -OCH3 is 1. The molecule has 0 saturated heterocycles. The molecule has 0 aliphatic rings. The molecule has 2 aromatic rings. The normalized spacial score (nSPS) is 13.1. The smallest absolute Gasteiger partial charge is 0.124 e. The molecule has 0 aromatic carbocycles. The standard InChI is InChI=1S/C13H20N4O2/c1-11(12-4-8-19-15-12)16(2)10-13-14-5-6-17(13)7-9-18-3/h4-6,8,11H,7,9-10H2,1-3H3/t11-/m1/s1. The molecule has 2 rings (SSSR count). The van der Waals surface area contributed by atoms with Crippen molar-refractivity contribution in [2.24, 2.45) is 0 Å². The monoisotopic (exact) mass is 264 g/mol. The molecule has 2 aromatic heterocycles. The van der Waals surface area contributed by atoms with Gasteiger partial charge in [0.2, 0.25) is 0 Å². The number of hydrogen-bond donors (Lipinski definition) is 0. The minimum atomic E-state index is 0.186. The molecule has 19 heavy (non-hydrogen) atoms. The second kappa shape index (κ2) is 6.49. The second-order valence-corrected chi connectivity index (χ2v) is 4.55. The lowest BCUT2D eigenvalue weighted by atomic mass is 10.2. The van der Waals surface area contributed by atoms with E-state index in [0.717, 1.165) is 24.6 Å². The van der Waals surface area contributed by atoms with Gasteiger partial charge in [0, 0.05) is 32.1 Å².